The summed E-state index contributed by atoms with van der Waals surface area (Å²) in [5, 5.41) is 7.43. The highest BCUT2D eigenvalue weighted by molar-refractivity contribution is 6.43. The smallest absolute Gasteiger partial charge is 0.292 e. The van der Waals surface area contributed by atoms with Crippen molar-refractivity contribution < 1.29 is 9.59 Å². The maximum atomic E-state index is 13.0. The van der Waals surface area contributed by atoms with E-state index in [0.717, 1.165) is 31.4 Å². The van der Waals surface area contributed by atoms with Crippen molar-refractivity contribution in [1.29, 1.82) is 0 Å². The minimum Gasteiger partial charge on any atom is -0.347 e. The summed E-state index contributed by atoms with van der Waals surface area (Å²) >= 11 is 0. The van der Waals surface area contributed by atoms with Gasteiger partial charge in [-0.3, -0.25) is 9.59 Å². The molecule has 2 aromatic rings. The topological polar surface area (TPSA) is 67.2 Å². The maximum absolute atomic E-state index is 13.0. The van der Waals surface area contributed by atoms with E-state index in [1.54, 1.807) is 11.6 Å². The molecule has 6 nitrogen and oxygen atoms in total. The van der Waals surface area contributed by atoms with E-state index in [1.165, 1.54) is 12.8 Å². The number of amides is 1. The van der Waals surface area contributed by atoms with Gasteiger partial charge in [-0.05, 0) is 52.9 Å². The fraction of sp³-hybridized carbons (Fsp3) is 0.522. The van der Waals surface area contributed by atoms with E-state index in [0.29, 0.717) is 23.5 Å². The number of aromatic nitrogens is 2. The third-order valence-corrected chi connectivity index (χ3v) is 6.29. The van der Waals surface area contributed by atoms with Crippen molar-refractivity contribution in [3.63, 3.8) is 0 Å². The molecule has 29 heavy (non-hydrogen) atoms. The van der Waals surface area contributed by atoms with E-state index in [-0.39, 0.29) is 5.54 Å². The van der Waals surface area contributed by atoms with Gasteiger partial charge in [-0.1, -0.05) is 43.9 Å². The number of ketones is 1. The van der Waals surface area contributed by atoms with Gasteiger partial charge in [-0.2, -0.15) is 5.10 Å². The van der Waals surface area contributed by atoms with Gasteiger partial charge in [-0.15, -0.1) is 0 Å². The molecule has 6 heteroatoms. The zero-order valence-electron chi connectivity index (χ0n) is 18.0. The Labute approximate surface area is 173 Å². The maximum Gasteiger partial charge on any atom is 0.292 e. The molecule has 1 aromatic heterocycles. The van der Waals surface area contributed by atoms with E-state index in [1.807, 2.05) is 37.3 Å². The number of nitrogens with one attached hydrogen (secondary N) is 1. The normalized spacial score (nSPS) is 16.4. The lowest BCUT2D eigenvalue weighted by Gasteiger charge is -2.39. The molecule has 1 aliphatic carbocycles. The lowest BCUT2D eigenvalue weighted by Crippen LogP contribution is -2.53. The third kappa shape index (κ3) is 4.42. The second kappa shape index (κ2) is 8.91. The van der Waals surface area contributed by atoms with Crippen molar-refractivity contribution in [2.75, 3.05) is 20.6 Å². The Balaban J connectivity index is 1.77. The van der Waals surface area contributed by atoms with Gasteiger partial charge in [0.25, 0.3) is 11.7 Å². The Hall–Kier alpha value is -2.47. The van der Waals surface area contributed by atoms with E-state index >= 15 is 0 Å². The van der Waals surface area contributed by atoms with Crippen molar-refractivity contribution in [3.05, 3.63) is 47.3 Å². The number of hydrogen-bond acceptors (Lipinski definition) is 4. The summed E-state index contributed by atoms with van der Waals surface area (Å²) in [7, 11) is 4.13. The quantitative estimate of drug-likeness (QED) is 0.461. The van der Waals surface area contributed by atoms with Gasteiger partial charge < -0.3 is 10.2 Å². The van der Waals surface area contributed by atoms with Gasteiger partial charge in [-0.25, -0.2) is 4.68 Å². The fourth-order valence-electron chi connectivity index (χ4n) is 4.40. The number of carbonyl (C=O) groups is 2. The van der Waals surface area contributed by atoms with Crippen LogP contribution in [0.5, 0.6) is 0 Å². The van der Waals surface area contributed by atoms with Crippen LogP contribution in [0.1, 0.15) is 60.3 Å². The summed E-state index contributed by atoms with van der Waals surface area (Å²) in [6.45, 7) is 4.11. The van der Waals surface area contributed by atoms with Crippen LogP contribution in [0, 0.1) is 13.8 Å². The summed E-state index contributed by atoms with van der Waals surface area (Å²) in [6, 6.07) is 9.64. The largest absolute Gasteiger partial charge is 0.347 e. The molecule has 0 spiro atoms. The molecule has 0 bridgehead atoms. The van der Waals surface area contributed by atoms with E-state index in [4.69, 9.17) is 0 Å². The molecule has 1 heterocycles. The molecule has 0 saturated heterocycles. The molecule has 0 atom stereocenters. The number of hydrogen-bond donors (Lipinski definition) is 1. The summed E-state index contributed by atoms with van der Waals surface area (Å²) < 4.78 is 1.72. The molecule has 1 aromatic carbocycles. The summed E-state index contributed by atoms with van der Waals surface area (Å²) in [5.41, 5.74) is 2.45. The predicted octanol–water partition coefficient (Wildman–Crippen LogP) is 3.44. The van der Waals surface area contributed by atoms with Crippen molar-refractivity contribution in [2.24, 2.45) is 0 Å². The van der Waals surface area contributed by atoms with Crippen molar-refractivity contribution in [1.82, 2.24) is 20.0 Å². The highest BCUT2D eigenvalue weighted by Crippen LogP contribution is 2.30. The number of Topliss-reactive ketones (excluding diaryl/α,β-unsaturated/α-hetero) is 1. The molecular formula is C23H32N4O2. The van der Waals surface area contributed by atoms with E-state index < -0.39 is 11.7 Å². The summed E-state index contributed by atoms with van der Waals surface area (Å²) in [5.74, 6) is -1.06. The number of aryl methyl sites for hydroxylation is 1. The van der Waals surface area contributed by atoms with Crippen LogP contribution < -0.4 is 5.32 Å². The Kier molecular flexibility index (Phi) is 6.52. The molecule has 0 radical (unpaired) electrons. The first-order chi connectivity index (χ1) is 13.9. The van der Waals surface area contributed by atoms with Crippen LogP contribution in [0.15, 0.2) is 30.3 Å². The number of likely N-dealkylation sites (N-methyl/N-ethyl adjacent to an activating group) is 1. The first kappa shape index (κ1) is 21.2. The number of carbonyl (C=O) groups excluding carboxylic acids is 2. The van der Waals surface area contributed by atoms with Gasteiger partial charge in [0.1, 0.15) is 0 Å². The van der Waals surface area contributed by atoms with Crippen molar-refractivity contribution in [3.8, 4) is 5.69 Å². The SMILES string of the molecule is Cc1nn(-c2ccccc2)c(C)c1C(=O)C(=O)NCC1(N(C)C)CCCCCC1. The Morgan fingerprint density at radius 1 is 1.07 bits per heavy atom. The lowest BCUT2D eigenvalue weighted by molar-refractivity contribution is -0.117. The lowest BCUT2D eigenvalue weighted by atomic mass is 9.88. The van der Waals surface area contributed by atoms with Crippen LogP contribution in [0.3, 0.4) is 0 Å². The molecule has 1 fully saturated rings. The minimum absolute atomic E-state index is 0.0786. The van der Waals surface area contributed by atoms with Gasteiger partial charge in [0.2, 0.25) is 0 Å². The van der Waals surface area contributed by atoms with Crippen LogP contribution in [-0.2, 0) is 4.79 Å². The molecule has 0 unspecified atom stereocenters. The predicted molar refractivity (Wildman–Crippen MR) is 114 cm³/mol. The molecular weight excluding hydrogens is 364 g/mol. The average molecular weight is 397 g/mol. The standard InChI is InChI=1S/C23H32N4O2/c1-17-20(18(2)27(25-17)19-12-8-7-9-13-19)21(28)22(29)24-16-23(26(3)4)14-10-5-6-11-15-23/h7-9,12-13H,5-6,10-11,14-16H2,1-4H3,(H,24,29). The van der Waals surface area contributed by atoms with Gasteiger partial charge >= 0.3 is 0 Å². The van der Waals surface area contributed by atoms with Crippen molar-refractivity contribution in [2.45, 2.75) is 57.9 Å². The Bertz CT molecular complexity index is 863. The van der Waals surface area contributed by atoms with Crippen molar-refractivity contribution >= 4 is 11.7 Å². The second-order valence-electron chi connectivity index (χ2n) is 8.34. The molecule has 156 valence electrons. The molecule has 3 rings (SSSR count). The van der Waals surface area contributed by atoms with Gasteiger partial charge in [0.05, 0.1) is 22.6 Å². The van der Waals surface area contributed by atoms with Crippen LogP contribution in [0.25, 0.3) is 5.69 Å². The number of benzene rings is 1. The minimum atomic E-state index is -0.547. The van der Waals surface area contributed by atoms with Crippen LogP contribution in [-0.4, -0.2) is 52.5 Å². The number of para-hydroxylation sites is 1. The first-order valence-electron chi connectivity index (χ1n) is 10.5. The highest BCUT2D eigenvalue weighted by Gasteiger charge is 2.34. The second-order valence-corrected chi connectivity index (χ2v) is 8.34. The van der Waals surface area contributed by atoms with Gasteiger partial charge in [0, 0.05) is 12.1 Å². The van der Waals surface area contributed by atoms with Crippen LogP contribution >= 0.6 is 0 Å². The fourth-order valence-corrected chi connectivity index (χ4v) is 4.40. The average Bonchev–Trinajstić information content (AvgIpc) is 2.88. The van der Waals surface area contributed by atoms with E-state index in [9.17, 15) is 9.59 Å². The molecule has 1 aliphatic rings. The summed E-state index contributed by atoms with van der Waals surface area (Å²) in [4.78, 5) is 28.0. The molecule has 1 amide bonds. The zero-order valence-corrected chi connectivity index (χ0v) is 18.0. The molecule has 1 saturated carbocycles. The molecule has 1 N–H and O–H groups in total. The third-order valence-electron chi connectivity index (χ3n) is 6.29. The molecule has 0 aliphatic heterocycles. The zero-order chi connectivity index (χ0) is 21.0. The van der Waals surface area contributed by atoms with E-state index in [2.05, 4.69) is 29.4 Å². The van der Waals surface area contributed by atoms with Crippen LogP contribution in [0.2, 0.25) is 0 Å². The Morgan fingerprint density at radius 2 is 1.69 bits per heavy atom. The Morgan fingerprint density at radius 3 is 2.28 bits per heavy atom. The number of nitrogens with zero attached hydrogens (tertiary/aromatic N) is 3. The monoisotopic (exact) mass is 396 g/mol. The number of rotatable bonds is 6. The summed E-state index contributed by atoms with van der Waals surface area (Å²) in [6.07, 6.45) is 6.87. The van der Waals surface area contributed by atoms with Gasteiger partial charge in [0.15, 0.2) is 0 Å². The highest BCUT2D eigenvalue weighted by atomic mass is 16.2. The first-order valence-corrected chi connectivity index (χ1v) is 10.5. The van der Waals surface area contributed by atoms with Crippen LogP contribution in [0.4, 0.5) is 0 Å².